The van der Waals surface area contributed by atoms with E-state index in [9.17, 15) is 4.79 Å². The number of hydrogen-bond acceptors (Lipinski definition) is 4. The molecule has 0 aromatic heterocycles. The van der Waals surface area contributed by atoms with Crippen molar-refractivity contribution in [3.8, 4) is 11.5 Å². The van der Waals surface area contributed by atoms with Gasteiger partial charge in [0.25, 0.3) is 5.91 Å². The van der Waals surface area contributed by atoms with Crippen LogP contribution >= 0.6 is 0 Å². The number of rotatable bonds is 5. The third-order valence-corrected chi connectivity index (χ3v) is 4.84. The third-order valence-electron chi connectivity index (χ3n) is 4.84. The number of benzene rings is 3. The van der Waals surface area contributed by atoms with E-state index in [1.165, 1.54) is 5.56 Å². The lowest BCUT2D eigenvalue weighted by atomic mass is 10.1. The number of ether oxygens (including phenoxy) is 2. The van der Waals surface area contributed by atoms with Gasteiger partial charge in [-0.15, -0.1) is 0 Å². The Kier molecular flexibility index (Phi) is 5.66. The molecule has 2 N–H and O–H groups in total. The van der Waals surface area contributed by atoms with Crippen LogP contribution in [0.2, 0.25) is 0 Å². The fraction of sp³-hybridized carbons (Fsp3) is 0.208. The molecule has 0 fully saturated rings. The van der Waals surface area contributed by atoms with Crippen molar-refractivity contribution in [3.05, 3.63) is 83.9 Å². The second-order valence-corrected chi connectivity index (χ2v) is 7.02. The molecule has 5 nitrogen and oxygen atoms in total. The van der Waals surface area contributed by atoms with Crippen LogP contribution in [0.5, 0.6) is 11.5 Å². The van der Waals surface area contributed by atoms with Crippen molar-refractivity contribution < 1.29 is 14.3 Å². The first-order valence-electron chi connectivity index (χ1n) is 9.81. The fourth-order valence-corrected chi connectivity index (χ4v) is 3.23. The average Bonchev–Trinajstić information content (AvgIpc) is 3.00. The maximum absolute atomic E-state index is 12.6. The van der Waals surface area contributed by atoms with Crippen molar-refractivity contribution in [1.29, 1.82) is 0 Å². The Hall–Kier alpha value is -3.47. The van der Waals surface area contributed by atoms with Gasteiger partial charge in [0, 0.05) is 29.4 Å². The summed E-state index contributed by atoms with van der Waals surface area (Å²) < 4.78 is 11.3. The van der Waals surface area contributed by atoms with Gasteiger partial charge in [-0.2, -0.15) is 0 Å². The zero-order valence-corrected chi connectivity index (χ0v) is 16.4. The average molecular weight is 388 g/mol. The minimum absolute atomic E-state index is 0.181. The van der Waals surface area contributed by atoms with Crippen LogP contribution in [0, 0.1) is 0 Å². The standard InChI is InChI=1S/C24H24N2O3/c1-17(18-6-3-2-4-7-18)25-20-9-11-21(12-10-20)26-24(27)19-8-13-22-23(16-19)29-15-5-14-28-22/h2-4,6-13,16-17,25H,5,14-15H2,1H3,(H,26,27). The number of amides is 1. The third kappa shape index (κ3) is 4.69. The molecular weight excluding hydrogens is 364 g/mol. The summed E-state index contributed by atoms with van der Waals surface area (Å²) in [4.78, 5) is 12.6. The summed E-state index contributed by atoms with van der Waals surface area (Å²) in [6.45, 7) is 3.34. The van der Waals surface area contributed by atoms with E-state index < -0.39 is 0 Å². The van der Waals surface area contributed by atoms with Gasteiger partial charge in [-0.05, 0) is 55.0 Å². The molecule has 0 bridgehead atoms. The van der Waals surface area contributed by atoms with E-state index in [0.29, 0.717) is 30.3 Å². The molecule has 0 saturated heterocycles. The molecule has 1 amide bonds. The van der Waals surface area contributed by atoms with Crippen LogP contribution in [0.25, 0.3) is 0 Å². The van der Waals surface area contributed by atoms with Crippen molar-refractivity contribution in [3.63, 3.8) is 0 Å². The van der Waals surface area contributed by atoms with Gasteiger partial charge in [0.05, 0.1) is 13.2 Å². The van der Waals surface area contributed by atoms with E-state index in [-0.39, 0.29) is 11.9 Å². The van der Waals surface area contributed by atoms with Crippen molar-refractivity contribution in [2.75, 3.05) is 23.8 Å². The number of nitrogens with one attached hydrogen (secondary N) is 2. The lowest BCUT2D eigenvalue weighted by Crippen LogP contribution is -2.12. The molecule has 1 heterocycles. The van der Waals surface area contributed by atoms with Gasteiger partial charge in [0.15, 0.2) is 11.5 Å². The van der Waals surface area contributed by atoms with Gasteiger partial charge in [-0.1, -0.05) is 30.3 Å². The number of carbonyl (C=O) groups excluding carboxylic acids is 1. The Morgan fingerprint density at radius 2 is 1.55 bits per heavy atom. The molecule has 1 aliphatic rings. The van der Waals surface area contributed by atoms with E-state index in [2.05, 4.69) is 29.7 Å². The highest BCUT2D eigenvalue weighted by atomic mass is 16.5. The van der Waals surface area contributed by atoms with Gasteiger partial charge < -0.3 is 20.1 Å². The molecule has 29 heavy (non-hydrogen) atoms. The fourth-order valence-electron chi connectivity index (χ4n) is 3.23. The van der Waals surface area contributed by atoms with Gasteiger partial charge in [0.1, 0.15) is 0 Å². The summed E-state index contributed by atoms with van der Waals surface area (Å²) >= 11 is 0. The lowest BCUT2D eigenvalue weighted by Gasteiger charge is -2.16. The van der Waals surface area contributed by atoms with Crippen molar-refractivity contribution in [1.82, 2.24) is 0 Å². The van der Waals surface area contributed by atoms with Crippen LogP contribution < -0.4 is 20.1 Å². The van der Waals surface area contributed by atoms with Gasteiger partial charge in [-0.25, -0.2) is 0 Å². The summed E-state index contributed by atoms with van der Waals surface area (Å²) in [5.74, 6) is 1.12. The molecule has 0 aliphatic carbocycles. The molecule has 1 unspecified atom stereocenters. The van der Waals surface area contributed by atoms with Crippen molar-refractivity contribution in [2.45, 2.75) is 19.4 Å². The molecule has 3 aromatic carbocycles. The minimum Gasteiger partial charge on any atom is -0.490 e. The summed E-state index contributed by atoms with van der Waals surface area (Å²) in [6, 6.07) is 23.4. The molecule has 0 saturated carbocycles. The first-order chi connectivity index (χ1) is 14.2. The van der Waals surface area contributed by atoms with Crippen LogP contribution in [0.4, 0.5) is 11.4 Å². The molecule has 0 radical (unpaired) electrons. The zero-order valence-electron chi connectivity index (χ0n) is 16.4. The number of fused-ring (bicyclic) bond motifs is 1. The van der Waals surface area contributed by atoms with E-state index in [1.54, 1.807) is 18.2 Å². The zero-order chi connectivity index (χ0) is 20.1. The topological polar surface area (TPSA) is 59.6 Å². The highest BCUT2D eigenvalue weighted by Crippen LogP contribution is 2.30. The number of hydrogen-bond donors (Lipinski definition) is 2. The van der Waals surface area contributed by atoms with E-state index >= 15 is 0 Å². The van der Waals surface area contributed by atoms with E-state index in [1.807, 2.05) is 42.5 Å². The number of carbonyl (C=O) groups is 1. The van der Waals surface area contributed by atoms with Gasteiger partial charge >= 0.3 is 0 Å². The molecule has 3 aromatic rings. The van der Waals surface area contributed by atoms with Crippen LogP contribution in [0.15, 0.2) is 72.8 Å². The van der Waals surface area contributed by atoms with E-state index in [4.69, 9.17) is 9.47 Å². The Labute approximate surface area is 170 Å². The first kappa shape index (κ1) is 18.9. The van der Waals surface area contributed by atoms with Crippen LogP contribution in [-0.2, 0) is 0 Å². The normalized spacial score (nSPS) is 13.8. The van der Waals surface area contributed by atoms with Crippen molar-refractivity contribution in [2.24, 2.45) is 0 Å². The second kappa shape index (κ2) is 8.69. The Balaban J connectivity index is 1.39. The van der Waals surface area contributed by atoms with Gasteiger partial charge in [-0.3, -0.25) is 4.79 Å². The summed E-state index contributed by atoms with van der Waals surface area (Å²) in [7, 11) is 0. The molecule has 148 valence electrons. The SMILES string of the molecule is CC(Nc1ccc(NC(=O)c2ccc3c(c2)OCCCO3)cc1)c1ccccc1. The monoisotopic (exact) mass is 388 g/mol. The first-order valence-corrected chi connectivity index (χ1v) is 9.81. The largest absolute Gasteiger partial charge is 0.490 e. The Bertz CT molecular complexity index is 971. The van der Waals surface area contributed by atoms with Crippen LogP contribution in [-0.4, -0.2) is 19.1 Å². The summed E-state index contributed by atoms with van der Waals surface area (Å²) in [5, 5.41) is 6.40. The number of anilines is 2. The van der Waals surface area contributed by atoms with Crippen molar-refractivity contribution >= 4 is 17.3 Å². The van der Waals surface area contributed by atoms with Crippen LogP contribution in [0.3, 0.4) is 0 Å². The lowest BCUT2D eigenvalue weighted by molar-refractivity contribution is 0.102. The molecule has 5 heteroatoms. The summed E-state index contributed by atoms with van der Waals surface area (Å²) in [5.41, 5.74) is 3.49. The smallest absolute Gasteiger partial charge is 0.255 e. The van der Waals surface area contributed by atoms with Crippen LogP contribution in [0.1, 0.15) is 35.3 Å². The molecule has 1 atom stereocenters. The highest BCUT2D eigenvalue weighted by Gasteiger charge is 2.14. The predicted octanol–water partition coefficient (Wildman–Crippen LogP) is 5.27. The Morgan fingerprint density at radius 1 is 0.862 bits per heavy atom. The van der Waals surface area contributed by atoms with Gasteiger partial charge in [0.2, 0.25) is 0 Å². The molecular formula is C24H24N2O3. The predicted molar refractivity (Wildman–Crippen MR) is 115 cm³/mol. The quantitative estimate of drug-likeness (QED) is 0.625. The maximum Gasteiger partial charge on any atom is 0.255 e. The molecule has 0 spiro atoms. The Morgan fingerprint density at radius 3 is 2.31 bits per heavy atom. The molecule has 4 rings (SSSR count). The molecule has 1 aliphatic heterocycles. The highest BCUT2D eigenvalue weighted by molar-refractivity contribution is 6.04. The van der Waals surface area contributed by atoms with E-state index in [0.717, 1.165) is 17.8 Å². The second-order valence-electron chi connectivity index (χ2n) is 7.02. The maximum atomic E-state index is 12.6. The minimum atomic E-state index is -0.181. The summed E-state index contributed by atoms with van der Waals surface area (Å²) in [6.07, 6.45) is 0.833.